The summed E-state index contributed by atoms with van der Waals surface area (Å²) in [7, 11) is 0. The number of aromatic nitrogens is 1. The molecule has 2 atom stereocenters. The predicted molar refractivity (Wildman–Crippen MR) is 138 cm³/mol. The van der Waals surface area contributed by atoms with Crippen LogP contribution in [0.3, 0.4) is 0 Å². The van der Waals surface area contributed by atoms with E-state index >= 15 is 0 Å². The summed E-state index contributed by atoms with van der Waals surface area (Å²) in [5, 5.41) is 5.21. The molecule has 0 bridgehead atoms. The molecule has 5 rings (SSSR count). The molecule has 1 aliphatic rings. The first-order valence-corrected chi connectivity index (χ1v) is 11.7. The zero-order valence-electron chi connectivity index (χ0n) is 18.0. The quantitative estimate of drug-likeness (QED) is 0.299. The predicted octanol–water partition coefficient (Wildman–Crippen LogP) is 7.44. The van der Waals surface area contributed by atoms with Crippen LogP contribution in [0.5, 0.6) is 0 Å². The standard InChI is InChI=1S/C26H21Cl2N3OS/c1-15-6-8-18(13-16(15)2)31-25(24(30-26(31)33)21-5-3-4-12-29-21)23-11-10-22(32-23)19-9-7-17(27)14-20(19)28/h3-14,24-25H,1-2H3,(H,30,33)/t24-,25-/m0/s1. The molecule has 4 nitrogen and oxygen atoms in total. The Bertz CT molecular complexity index is 1340. The number of furan rings is 1. The molecule has 2 aromatic carbocycles. The van der Waals surface area contributed by atoms with Crippen molar-refractivity contribution in [3.05, 3.63) is 106 Å². The summed E-state index contributed by atoms with van der Waals surface area (Å²) in [5.41, 5.74) is 5.10. The van der Waals surface area contributed by atoms with Crippen LogP contribution in [0.4, 0.5) is 5.69 Å². The van der Waals surface area contributed by atoms with Crippen LogP contribution in [-0.2, 0) is 0 Å². The van der Waals surface area contributed by atoms with Gasteiger partial charge in [-0.05, 0) is 91.8 Å². The zero-order valence-corrected chi connectivity index (χ0v) is 20.4. The van der Waals surface area contributed by atoms with E-state index in [1.807, 2.05) is 36.4 Å². The third-order valence-corrected chi connectivity index (χ3v) is 6.84. The average Bonchev–Trinajstić information content (AvgIpc) is 3.41. The lowest BCUT2D eigenvalue weighted by Gasteiger charge is -2.26. The Kier molecular flexibility index (Phi) is 5.87. The summed E-state index contributed by atoms with van der Waals surface area (Å²) in [6, 6.07) is 21.1. The summed E-state index contributed by atoms with van der Waals surface area (Å²) < 4.78 is 6.38. The Labute approximate surface area is 208 Å². The smallest absolute Gasteiger partial charge is 0.174 e. The van der Waals surface area contributed by atoms with Crippen LogP contribution in [0.15, 0.2) is 77.3 Å². The maximum absolute atomic E-state index is 6.44. The molecule has 1 aliphatic heterocycles. The maximum Gasteiger partial charge on any atom is 0.174 e. The molecule has 0 spiro atoms. The number of aryl methyl sites for hydroxylation is 2. The van der Waals surface area contributed by atoms with Crippen molar-refractivity contribution in [1.82, 2.24) is 10.3 Å². The van der Waals surface area contributed by atoms with E-state index in [0.717, 1.165) is 22.7 Å². The van der Waals surface area contributed by atoms with Gasteiger partial charge < -0.3 is 14.6 Å². The number of halogens is 2. The molecule has 0 aliphatic carbocycles. The number of nitrogens with zero attached hydrogens (tertiary/aromatic N) is 2. The van der Waals surface area contributed by atoms with Crippen molar-refractivity contribution in [2.75, 3.05) is 4.90 Å². The average molecular weight is 494 g/mol. The monoisotopic (exact) mass is 493 g/mol. The fourth-order valence-corrected chi connectivity index (χ4v) is 4.99. The first kappa shape index (κ1) is 22.0. The van der Waals surface area contributed by atoms with Gasteiger partial charge in [0.05, 0.1) is 16.8 Å². The van der Waals surface area contributed by atoms with E-state index in [1.165, 1.54) is 11.1 Å². The summed E-state index contributed by atoms with van der Waals surface area (Å²) in [6.45, 7) is 4.20. The van der Waals surface area contributed by atoms with Crippen molar-refractivity contribution in [3.63, 3.8) is 0 Å². The molecule has 0 amide bonds. The third-order valence-electron chi connectivity index (χ3n) is 5.98. The number of anilines is 1. The van der Waals surface area contributed by atoms with Crippen molar-refractivity contribution in [2.24, 2.45) is 0 Å². The van der Waals surface area contributed by atoms with Crippen LogP contribution in [0.25, 0.3) is 11.3 Å². The Balaban J connectivity index is 1.61. The molecule has 1 fully saturated rings. The second-order valence-corrected chi connectivity index (χ2v) is 9.32. The lowest BCUT2D eigenvalue weighted by molar-refractivity contribution is 0.439. The van der Waals surface area contributed by atoms with E-state index < -0.39 is 0 Å². The number of nitrogens with one attached hydrogen (secondary N) is 1. The number of pyridine rings is 1. The van der Waals surface area contributed by atoms with Gasteiger partial charge in [-0.2, -0.15) is 0 Å². The van der Waals surface area contributed by atoms with Gasteiger partial charge in [-0.25, -0.2) is 0 Å². The Morgan fingerprint density at radius 3 is 2.55 bits per heavy atom. The lowest BCUT2D eigenvalue weighted by atomic mass is 10.0. The molecule has 166 valence electrons. The Morgan fingerprint density at radius 2 is 1.82 bits per heavy atom. The summed E-state index contributed by atoms with van der Waals surface area (Å²) in [4.78, 5) is 6.70. The molecule has 0 radical (unpaired) electrons. The molecule has 0 saturated carbocycles. The highest BCUT2D eigenvalue weighted by Gasteiger charge is 2.42. The van der Waals surface area contributed by atoms with E-state index in [1.54, 1.807) is 18.3 Å². The minimum atomic E-state index is -0.227. The minimum Gasteiger partial charge on any atom is -0.459 e. The molecule has 4 aromatic rings. The number of benzene rings is 2. The van der Waals surface area contributed by atoms with Gasteiger partial charge >= 0.3 is 0 Å². The lowest BCUT2D eigenvalue weighted by Crippen LogP contribution is -2.29. The summed E-state index contributed by atoms with van der Waals surface area (Å²) in [5.74, 6) is 1.43. The van der Waals surface area contributed by atoms with Gasteiger partial charge in [0.2, 0.25) is 0 Å². The van der Waals surface area contributed by atoms with Gasteiger partial charge in [-0.15, -0.1) is 0 Å². The van der Waals surface area contributed by atoms with Crippen molar-refractivity contribution >= 4 is 46.2 Å². The van der Waals surface area contributed by atoms with Gasteiger partial charge in [0.1, 0.15) is 17.6 Å². The Morgan fingerprint density at radius 1 is 0.970 bits per heavy atom. The summed E-state index contributed by atoms with van der Waals surface area (Å²) in [6.07, 6.45) is 1.79. The Hall–Kier alpha value is -2.86. The molecule has 0 unspecified atom stereocenters. The topological polar surface area (TPSA) is 41.3 Å². The zero-order chi connectivity index (χ0) is 23.1. The molecule has 3 heterocycles. The van der Waals surface area contributed by atoms with Gasteiger partial charge in [0, 0.05) is 22.5 Å². The highest BCUT2D eigenvalue weighted by molar-refractivity contribution is 7.80. The van der Waals surface area contributed by atoms with Crippen molar-refractivity contribution in [2.45, 2.75) is 25.9 Å². The van der Waals surface area contributed by atoms with Gasteiger partial charge in [-0.3, -0.25) is 4.98 Å². The van der Waals surface area contributed by atoms with E-state index in [2.05, 4.69) is 47.2 Å². The molecular formula is C26H21Cl2N3OS. The van der Waals surface area contributed by atoms with E-state index in [0.29, 0.717) is 20.9 Å². The molecule has 1 saturated heterocycles. The molecule has 33 heavy (non-hydrogen) atoms. The van der Waals surface area contributed by atoms with Crippen LogP contribution in [0.2, 0.25) is 10.0 Å². The summed E-state index contributed by atoms with van der Waals surface area (Å²) >= 11 is 18.3. The first-order valence-electron chi connectivity index (χ1n) is 10.6. The van der Waals surface area contributed by atoms with Crippen LogP contribution in [0, 0.1) is 13.8 Å². The molecule has 2 aromatic heterocycles. The van der Waals surface area contributed by atoms with E-state index in [4.69, 9.17) is 39.8 Å². The van der Waals surface area contributed by atoms with E-state index in [-0.39, 0.29) is 12.1 Å². The largest absolute Gasteiger partial charge is 0.459 e. The molecule has 7 heteroatoms. The van der Waals surface area contributed by atoms with Crippen LogP contribution < -0.4 is 10.2 Å². The number of rotatable bonds is 4. The SMILES string of the molecule is Cc1ccc(N2C(=S)N[C@@H](c3ccccn3)[C@@H]2c2ccc(-c3ccc(Cl)cc3Cl)o2)cc1C. The van der Waals surface area contributed by atoms with E-state index in [9.17, 15) is 0 Å². The van der Waals surface area contributed by atoms with Crippen LogP contribution >= 0.6 is 35.4 Å². The number of hydrogen-bond donors (Lipinski definition) is 1. The van der Waals surface area contributed by atoms with Crippen molar-refractivity contribution in [1.29, 1.82) is 0 Å². The van der Waals surface area contributed by atoms with Gasteiger partial charge in [0.15, 0.2) is 5.11 Å². The fourth-order valence-electron chi connectivity index (χ4n) is 4.14. The van der Waals surface area contributed by atoms with Crippen molar-refractivity contribution < 1.29 is 4.42 Å². The normalized spacial score (nSPS) is 17.9. The number of hydrogen-bond acceptors (Lipinski definition) is 3. The fraction of sp³-hybridized carbons (Fsp3) is 0.154. The highest BCUT2D eigenvalue weighted by Crippen LogP contribution is 2.43. The van der Waals surface area contributed by atoms with Crippen LogP contribution in [0.1, 0.15) is 34.7 Å². The first-order chi connectivity index (χ1) is 15.9. The highest BCUT2D eigenvalue weighted by atomic mass is 35.5. The minimum absolute atomic E-state index is 0.181. The van der Waals surface area contributed by atoms with Crippen LogP contribution in [-0.4, -0.2) is 10.1 Å². The second-order valence-electron chi connectivity index (χ2n) is 8.09. The van der Waals surface area contributed by atoms with Crippen molar-refractivity contribution in [3.8, 4) is 11.3 Å². The molecule has 1 N–H and O–H groups in total. The third kappa shape index (κ3) is 4.12. The second kappa shape index (κ2) is 8.82. The molecular weight excluding hydrogens is 473 g/mol. The maximum atomic E-state index is 6.44. The number of thiocarbonyl (C=S) groups is 1. The van der Waals surface area contributed by atoms with Gasteiger partial charge in [-0.1, -0.05) is 35.3 Å². The van der Waals surface area contributed by atoms with Gasteiger partial charge in [0.25, 0.3) is 0 Å².